The molecule has 9 nitrogen and oxygen atoms in total. The van der Waals surface area contributed by atoms with Crippen molar-refractivity contribution in [3.05, 3.63) is 41.5 Å². The number of nitrogens with zero attached hydrogens (tertiary/aromatic N) is 3. The number of rotatable bonds is 5. The van der Waals surface area contributed by atoms with E-state index in [-0.39, 0.29) is 35.2 Å². The van der Waals surface area contributed by atoms with Gasteiger partial charge in [0.05, 0.1) is 12.8 Å². The highest BCUT2D eigenvalue weighted by Crippen LogP contribution is 2.41. The number of hydrogen-bond acceptors (Lipinski definition) is 8. The van der Waals surface area contributed by atoms with Crippen molar-refractivity contribution in [2.24, 2.45) is 10.7 Å². The molecule has 1 aromatic carbocycles. The second-order valence-electron chi connectivity index (χ2n) is 7.67. The highest BCUT2D eigenvalue weighted by atomic mass is 19.4. The maximum Gasteiger partial charge on any atom is 0.424 e. The van der Waals surface area contributed by atoms with Crippen molar-refractivity contribution in [1.29, 1.82) is 0 Å². The number of hydrogen-bond donors (Lipinski definition) is 3. The summed E-state index contributed by atoms with van der Waals surface area (Å²) in [5, 5.41) is 2.48. The topological polar surface area (TPSA) is 138 Å². The third kappa shape index (κ3) is 4.58. The second kappa shape index (κ2) is 8.79. The van der Waals surface area contributed by atoms with Gasteiger partial charge in [-0.2, -0.15) is 18.2 Å². The van der Waals surface area contributed by atoms with Gasteiger partial charge in [0.15, 0.2) is 18.1 Å². The molecular weight excluding hydrogens is 460 g/mol. The van der Waals surface area contributed by atoms with Crippen LogP contribution in [0.3, 0.4) is 0 Å². The Balaban J connectivity index is 1.88. The van der Waals surface area contributed by atoms with Crippen LogP contribution < -0.4 is 21.5 Å². The molecule has 2 unspecified atom stereocenters. The lowest BCUT2D eigenvalue weighted by Gasteiger charge is -2.41. The summed E-state index contributed by atoms with van der Waals surface area (Å²) in [6.45, 7) is 1.41. The molecule has 3 rings (SSSR count). The maximum atomic E-state index is 14.7. The zero-order chi connectivity index (χ0) is 25.3. The van der Waals surface area contributed by atoms with Crippen molar-refractivity contribution in [2.45, 2.75) is 31.2 Å². The third-order valence-electron chi connectivity index (χ3n) is 5.14. The number of alkyl halides is 3. The van der Waals surface area contributed by atoms with Crippen LogP contribution in [0.15, 0.2) is 29.4 Å². The van der Waals surface area contributed by atoms with Crippen LogP contribution in [-0.4, -0.2) is 46.7 Å². The number of terminal acetylenes is 1. The number of carbonyl (C=O) groups excluding carboxylic acids is 1. The number of nitrogen functional groups attached to an aromatic ring is 1. The number of ether oxygens (including phenoxy) is 2. The molecule has 0 saturated heterocycles. The quantitative estimate of drug-likeness (QED) is 0.441. The molecule has 13 heteroatoms. The Morgan fingerprint density at radius 2 is 2.06 bits per heavy atom. The summed E-state index contributed by atoms with van der Waals surface area (Å²) in [7, 11) is 0. The number of amides is 1. The SMILES string of the molecule is C#CCOc1cnc(C(=O)Nc2ccc(F)c(C3(C)COC(C)(C(F)(F)F)C(N)=N3)c2)c(N)n1. The standard InChI is InChI=1S/C21H20F4N6O3/c1-4-7-33-14-9-28-15(16(26)30-14)17(32)29-11-5-6-13(22)12(8-11)19(2)10-34-20(3,18(27)31-19)21(23,24)25/h1,5-6,8-9H,7,10H2,2-3H3,(H2,26,30)(H2,27,31)(H,29,32). The fraction of sp³-hybridized carbons (Fsp3) is 0.333. The molecule has 0 saturated carbocycles. The molecule has 0 aliphatic carbocycles. The minimum atomic E-state index is -4.82. The first-order valence-electron chi connectivity index (χ1n) is 9.67. The van der Waals surface area contributed by atoms with E-state index >= 15 is 0 Å². The van der Waals surface area contributed by atoms with Crippen molar-refractivity contribution in [3.63, 3.8) is 0 Å². The summed E-state index contributed by atoms with van der Waals surface area (Å²) < 4.78 is 64.8. The summed E-state index contributed by atoms with van der Waals surface area (Å²) in [5.74, 6) is -0.401. The van der Waals surface area contributed by atoms with Crippen LogP contribution in [0.2, 0.25) is 0 Å². The van der Waals surface area contributed by atoms with E-state index in [9.17, 15) is 22.4 Å². The normalized spacial score (nSPS) is 22.4. The lowest BCUT2D eigenvalue weighted by molar-refractivity contribution is -0.249. The molecule has 180 valence electrons. The van der Waals surface area contributed by atoms with E-state index in [0.29, 0.717) is 0 Å². The predicted molar refractivity (Wildman–Crippen MR) is 115 cm³/mol. The van der Waals surface area contributed by atoms with Crippen molar-refractivity contribution >= 4 is 23.2 Å². The average Bonchev–Trinajstić information content (AvgIpc) is 2.75. The summed E-state index contributed by atoms with van der Waals surface area (Å²) in [5.41, 5.74) is 6.64. The number of nitrogens with one attached hydrogen (secondary N) is 1. The molecule has 0 spiro atoms. The minimum absolute atomic E-state index is 0.0163. The number of benzene rings is 1. The van der Waals surface area contributed by atoms with Crippen molar-refractivity contribution in [2.75, 3.05) is 24.3 Å². The number of amidine groups is 1. The zero-order valence-electron chi connectivity index (χ0n) is 18.0. The Bertz CT molecular complexity index is 1200. The van der Waals surface area contributed by atoms with E-state index in [0.717, 1.165) is 19.2 Å². The summed E-state index contributed by atoms with van der Waals surface area (Å²) in [6, 6.07) is 3.47. The number of anilines is 2. The maximum absolute atomic E-state index is 14.7. The van der Waals surface area contributed by atoms with Crippen molar-refractivity contribution in [3.8, 4) is 18.2 Å². The lowest BCUT2D eigenvalue weighted by atomic mass is 9.89. The van der Waals surface area contributed by atoms with E-state index in [4.69, 9.17) is 27.4 Å². The van der Waals surface area contributed by atoms with E-state index in [1.165, 1.54) is 19.1 Å². The van der Waals surface area contributed by atoms with Gasteiger partial charge in [0.1, 0.15) is 17.2 Å². The Hall–Kier alpha value is -3.92. The molecule has 0 bridgehead atoms. The molecule has 1 aliphatic rings. The van der Waals surface area contributed by atoms with E-state index in [1.807, 2.05) is 0 Å². The number of aliphatic imine (C=N–C) groups is 1. The first-order valence-corrected chi connectivity index (χ1v) is 9.67. The van der Waals surface area contributed by atoms with Crippen molar-refractivity contribution < 1.29 is 31.8 Å². The van der Waals surface area contributed by atoms with Crippen LogP contribution in [0.5, 0.6) is 5.88 Å². The molecule has 5 N–H and O–H groups in total. The van der Waals surface area contributed by atoms with Gasteiger partial charge in [-0.3, -0.25) is 9.79 Å². The first-order chi connectivity index (χ1) is 15.8. The fourth-order valence-electron chi connectivity index (χ4n) is 3.08. The Kier molecular flexibility index (Phi) is 6.39. The van der Waals surface area contributed by atoms with Gasteiger partial charge in [-0.25, -0.2) is 9.37 Å². The molecule has 1 aliphatic heterocycles. The summed E-state index contributed by atoms with van der Waals surface area (Å²) in [4.78, 5) is 24.3. The average molecular weight is 480 g/mol. The molecule has 34 heavy (non-hydrogen) atoms. The van der Waals surface area contributed by atoms with Gasteiger partial charge in [-0.1, -0.05) is 5.92 Å². The van der Waals surface area contributed by atoms with Crippen LogP contribution in [-0.2, 0) is 10.3 Å². The largest absolute Gasteiger partial charge is 0.463 e. The molecule has 1 amide bonds. The van der Waals surface area contributed by atoms with Crippen LogP contribution in [0.4, 0.5) is 29.1 Å². The molecule has 2 heterocycles. The lowest BCUT2D eigenvalue weighted by Crippen LogP contribution is -2.60. The van der Waals surface area contributed by atoms with Crippen LogP contribution in [0.1, 0.15) is 29.9 Å². The van der Waals surface area contributed by atoms with Gasteiger partial charge in [0.2, 0.25) is 11.5 Å². The second-order valence-corrected chi connectivity index (χ2v) is 7.67. The number of nitrogens with two attached hydrogens (primary N) is 2. The van der Waals surface area contributed by atoms with Gasteiger partial charge < -0.3 is 26.3 Å². The van der Waals surface area contributed by atoms with Gasteiger partial charge in [-0.05, 0) is 32.0 Å². The number of carbonyl (C=O) groups is 1. The Morgan fingerprint density at radius 1 is 1.35 bits per heavy atom. The Labute approximate surface area is 191 Å². The molecule has 0 fully saturated rings. The smallest absolute Gasteiger partial charge is 0.424 e. The molecule has 0 radical (unpaired) electrons. The molecular formula is C21H20F4N6O3. The fourth-order valence-corrected chi connectivity index (χ4v) is 3.08. The summed E-state index contributed by atoms with van der Waals surface area (Å²) in [6.07, 6.45) is 1.41. The van der Waals surface area contributed by atoms with Crippen LogP contribution in [0, 0.1) is 18.2 Å². The number of halogens is 4. The van der Waals surface area contributed by atoms with Gasteiger partial charge >= 0.3 is 6.18 Å². The molecule has 1 aromatic heterocycles. The monoisotopic (exact) mass is 480 g/mol. The van der Waals surface area contributed by atoms with E-state index in [2.05, 4.69) is 26.2 Å². The van der Waals surface area contributed by atoms with Gasteiger partial charge in [0.25, 0.3) is 5.91 Å². The van der Waals surface area contributed by atoms with Crippen molar-refractivity contribution in [1.82, 2.24) is 9.97 Å². The minimum Gasteiger partial charge on any atom is -0.463 e. The molecule has 2 atom stereocenters. The van der Waals surface area contributed by atoms with Crippen LogP contribution >= 0.6 is 0 Å². The van der Waals surface area contributed by atoms with Crippen LogP contribution in [0.25, 0.3) is 0 Å². The predicted octanol–water partition coefficient (Wildman–Crippen LogP) is 2.39. The molecule has 2 aromatic rings. The van der Waals surface area contributed by atoms with E-state index in [1.54, 1.807) is 0 Å². The van der Waals surface area contributed by atoms with Gasteiger partial charge in [-0.15, -0.1) is 6.42 Å². The Morgan fingerprint density at radius 3 is 2.65 bits per heavy atom. The zero-order valence-corrected chi connectivity index (χ0v) is 18.0. The highest BCUT2D eigenvalue weighted by molar-refractivity contribution is 6.05. The van der Waals surface area contributed by atoms with Gasteiger partial charge in [0, 0.05) is 11.3 Å². The summed E-state index contributed by atoms with van der Waals surface area (Å²) >= 11 is 0. The first kappa shape index (κ1) is 24.7. The highest BCUT2D eigenvalue weighted by Gasteiger charge is 2.59. The van der Waals surface area contributed by atoms with E-state index < -0.39 is 41.5 Å². The number of aromatic nitrogens is 2. The third-order valence-corrected chi connectivity index (χ3v) is 5.14.